The van der Waals surface area contributed by atoms with Crippen molar-refractivity contribution >= 4 is 5.69 Å². The SMILES string of the molecule is CN(Cc1ccc2c(c1)NCC2)CC(F)(F)F. The van der Waals surface area contributed by atoms with Crippen molar-refractivity contribution in [2.75, 3.05) is 25.5 Å². The van der Waals surface area contributed by atoms with Crippen LogP contribution in [0.3, 0.4) is 0 Å². The molecule has 1 aliphatic heterocycles. The average molecular weight is 244 g/mol. The van der Waals surface area contributed by atoms with E-state index in [-0.39, 0.29) is 0 Å². The monoisotopic (exact) mass is 244 g/mol. The van der Waals surface area contributed by atoms with Crippen LogP contribution < -0.4 is 5.32 Å². The first-order valence-corrected chi connectivity index (χ1v) is 5.55. The summed E-state index contributed by atoms with van der Waals surface area (Å²) in [5, 5.41) is 3.22. The summed E-state index contributed by atoms with van der Waals surface area (Å²) in [6.45, 7) is 0.350. The first-order valence-electron chi connectivity index (χ1n) is 5.55. The van der Waals surface area contributed by atoms with E-state index in [0.29, 0.717) is 6.54 Å². The van der Waals surface area contributed by atoms with Crippen LogP contribution in [0.15, 0.2) is 18.2 Å². The number of rotatable bonds is 3. The van der Waals surface area contributed by atoms with Gasteiger partial charge in [-0.15, -0.1) is 0 Å². The Morgan fingerprint density at radius 2 is 2.12 bits per heavy atom. The maximum absolute atomic E-state index is 12.2. The molecule has 1 aliphatic rings. The molecule has 5 heteroatoms. The Hall–Kier alpha value is -1.23. The minimum atomic E-state index is -4.14. The Bertz CT molecular complexity index is 401. The van der Waals surface area contributed by atoms with Crippen LogP contribution in [0, 0.1) is 0 Å². The van der Waals surface area contributed by atoms with E-state index >= 15 is 0 Å². The molecule has 94 valence electrons. The van der Waals surface area contributed by atoms with Crippen LogP contribution in [-0.4, -0.2) is 31.2 Å². The van der Waals surface area contributed by atoms with Gasteiger partial charge in [0.15, 0.2) is 0 Å². The van der Waals surface area contributed by atoms with Gasteiger partial charge in [0.25, 0.3) is 0 Å². The minimum Gasteiger partial charge on any atom is -0.384 e. The number of fused-ring (bicyclic) bond motifs is 1. The van der Waals surface area contributed by atoms with Crippen molar-refractivity contribution in [3.05, 3.63) is 29.3 Å². The van der Waals surface area contributed by atoms with Gasteiger partial charge in [-0.05, 0) is 30.7 Å². The van der Waals surface area contributed by atoms with Crippen molar-refractivity contribution in [1.82, 2.24) is 4.90 Å². The van der Waals surface area contributed by atoms with Gasteiger partial charge in [-0.3, -0.25) is 4.90 Å². The second kappa shape index (κ2) is 4.56. The highest BCUT2D eigenvalue weighted by Gasteiger charge is 2.29. The normalized spacial score (nSPS) is 14.9. The molecule has 0 radical (unpaired) electrons. The number of hydrogen-bond donors (Lipinski definition) is 1. The Kier molecular flexibility index (Phi) is 3.28. The van der Waals surface area contributed by atoms with E-state index in [1.807, 2.05) is 18.2 Å². The maximum Gasteiger partial charge on any atom is 0.401 e. The molecule has 0 bridgehead atoms. The zero-order valence-corrected chi connectivity index (χ0v) is 9.64. The van der Waals surface area contributed by atoms with Crippen LogP contribution in [0.25, 0.3) is 0 Å². The largest absolute Gasteiger partial charge is 0.401 e. The van der Waals surface area contributed by atoms with Crippen LogP contribution >= 0.6 is 0 Å². The van der Waals surface area contributed by atoms with Gasteiger partial charge in [0.05, 0.1) is 6.54 Å². The smallest absolute Gasteiger partial charge is 0.384 e. The molecule has 17 heavy (non-hydrogen) atoms. The molecule has 0 atom stereocenters. The lowest BCUT2D eigenvalue weighted by Crippen LogP contribution is -2.30. The van der Waals surface area contributed by atoms with E-state index in [1.54, 1.807) is 0 Å². The number of nitrogens with zero attached hydrogens (tertiary/aromatic N) is 1. The highest BCUT2D eigenvalue weighted by molar-refractivity contribution is 5.56. The lowest BCUT2D eigenvalue weighted by Gasteiger charge is -2.18. The summed E-state index contributed by atoms with van der Waals surface area (Å²) in [5.74, 6) is 0. The molecule has 0 saturated heterocycles. The third-order valence-corrected chi connectivity index (χ3v) is 2.79. The summed E-state index contributed by atoms with van der Waals surface area (Å²) in [5.41, 5.74) is 3.21. The summed E-state index contributed by atoms with van der Waals surface area (Å²) in [6, 6.07) is 5.83. The van der Waals surface area contributed by atoms with Crippen LogP contribution in [0.1, 0.15) is 11.1 Å². The number of benzene rings is 1. The van der Waals surface area contributed by atoms with Crippen LogP contribution in [-0.2, 0) is 13.0 Å². The van der Waals surface area contributed by atoms with Crippen molar-refractivity contribution in [1.29, 1.82) is 0 Å². The fraction of sp³-hybridized carbons (Fsp3) is 0.500. The molecule has 1 aromatic rings. The molecule has 0 unspecified atom stereocenters. The Labute approximate surface area is 98.4 Å². The number of hydrogen-bond acceptors (Lipinski definition) is 2. The minimum absolute atomic E-state index is 0.314. The molecule has 0 fully saturated rings. The van der Waals surface area contributed by atoms with Crippen molar-refractivity contribution in [3.63, 3.8) is 0 Å². The van der Waals surface area contributed by atoms with Crippen LogP contribution in [0.2, 0.25) is 0 Å². The van der Waals surface area contributed by atoms with Gasteiger partial charge in [-0.25, -0.2) is 0 Å². The fourth-order valence-corrected chi connectivity index (χ4v) is 2.11. The zero-order chi connectivity index (χ0) is 12.5. The molecule has 1 heterocycles. The zero-order valence-electron chi connectivity index (χ0n) is 9.64. The third kappa shape index (κ3) is 3.36. The Balaban J connectivity index is 1.99. The van der Waals surface area contributed by atoms with E-state index in [1.165, 1.54) is 17.5 Å². The average Bonchev–Trinajstić information content (AvgIpc) is 2.61. The van der Waals surface area contributed by atoms with Gasteiger partial charge >= 0.3 is 6.18 Å². The number of halogens is 3. The molecule has 0 aliphatic carbocycles. The molecule has 2 nitrogen and oxygen atoms in total. The van der Waals surface area contributed by atoms with Gasteiger partial charge in [-0.2, -0.15) is 13.2 Å². The standard InChI is InChI=1S/C12H15F3N2/c1-17(8-12(13,14)15)7-9-2-3-10-4-5-16-11(10)6-9/h2-3,6,16H,4-5,7-8H2,1H3. The molecule has 1 aromatic carbocycles. The van der Waals surface area contributed by atoms with E-state index in [2.05, 4.69) is 5.32 Å². The van der Waals surface area contributed by atoms with Crippen molar-refractivity contribution in [3.8, 4) is 0 Å². The predicted molar refractivity (Wildman–Crippen MR) is 61.0 cm³/mol. The molecule has 1 N–H and O–H groups in total. The van der Waals surface area contributed by atoms with E-state index in [4.69, 9.17) is 0 Å². The van der Waals surface area contributed by atoms with Crippen molar-refractivity contribution in [2.45, 2.75) is 19.1 Å². The van der Waals surface area contributed by atoms with Crippen molar-refractivity contribution in [2.24, 2.45) is 0 Å². The second-order valence-electron chi connectivity index (χ2n) is 4.46. The van der Waals surface area contributed by atoms with Gasteiger partial charge < -0.3 is 5.32 Å². The predicted octanol–water partition coefficient (Wildman–Crippen LogP) is 2.65. The lowest BCUT2D eigenvalue weighted by molar-refractivity contribution is -0.144. The first-order chi connectivity index (χ1) is 7.94. The van der Waals surface area contributed by atoms with Gasteiger partial charge in [0, 0.05) is 18.8 Å². The third-order valence-electron chi connectivity index (χ3n) is 2.79. The Morgan fingerprint density at radius 1 is 1.35 bits per heavy atom. The van der Waals surface area contributed by atoms with Crippen LogP contribution in [0.5, 0.6) is 0 Å². The number of anilines is 1. The lowest BCUT2D eigenvalue weighted by atomic mass is 10.1. The summed E-state index contributed by atoms with van der Waals surface area (Å²) >= 11 is 0. The molecule has 0 amide bonds. The topological polar surface area (TPSA) is 15.3 Å². The molecular formula is C12H15F3N2. The summed E-state index contributed by atoms with van der Waals surface area (Å²) < 4.78 is 36.5. The van der Waals surface area contributed by atoms with E-state index in [9.17, 15) is 13.2 Å². The number of alkyl halides is 3. The fourth-order valence-electron chi connectivity index (χ4n) is 2.11. The summed E-state index contributed by atoms with van der Waals surface area (Å²) in [6.07, 6.45) is -3.14. The molecule has 0 saturated carbocycles. The maximum atomic E-state index is 12.2. The van der Waals surface area contributed by atoms with Gasteiger partial charge in [-0.1, -0.05) is 12.1 Å². The molecule has 2 rings (SSSR count). The van der Waals surface area contributed by atoms with Gasteiger partial charge in [0.2, 0.25) is 0 Å². The van der Waals surface area contributed by atoms with E-state index < -0.39 is 12.7 Å². The molecule has 0 aromatic heterocycles. The Morgan fingerprint density at radius 3 is 2.82 bits per heavy atom. The summed E-state index contributed by atoms with van der Waals surface area (Å²) in [4.78, 5) is 1.27. The highest BCUT2D eigenvalue weighted by Crippen LogP contribution is 2.24. The summed E-state index contributed by atoms with van der Waals surface area (Å²) in [7, 11) is 1.48. The number of nitrogens with one attached hydrogen (secondary N) is 1. The second-order valence-corrected chi connectivity index (χ2v) is 4.46. The first kappa shape index (κ1) is 12.2. The quantitative estimate of drug-likeness (QED) is 0.879. The van der Waals surface area contributed by atoms with Crippen LogP contribution in [0.4, 0.5) is 18.9 Å². The molecular weight excluding hydrogens is 229 g/mol. The molecule has 0 spiro atoms. The van der Waals surface area contributed by atoms with Crippen molar-refractivity contribution < 1.29 is 13.2 Å². The van der Waals surface area contributed by atoms with E-state index in [0.717, 1.165) is 24.2 Å². The highest BCUT2D eigenvalue weighted by atomic mass is 19.4. The van der Waals surface area contributed by atoms with Gasteiger partial charge in [0.1, 0.15) is 0 Å².